The molecule has 0 bridgehead atoms. The molecule has 2 aromatic rings. The lowest BCUT2D eigenvalue weighted by Gasteiger charge is -2.11. The molecule has 0 saturated carbocycles. The Morgan fingerprint density at radius 1 is 1.00 bits per heavy atom. The fraction of sp³-hybridized carbons (Fsp3) is 0.333. The maximum Gasteiger partial charge on any atom is 0.251 e. The fourth-order valence-electron chi connectivity index (χ4n) is 2.41. The van der Waals surface area contributed by atoms with Crippen molar-refractivity contribution in [1.82, 2.24) is 5.32 Å². The smallest absolute Gasteiger partial charge is 0.251 e. The van der Waals surface area contributed by atoms with Crippen molar-refractivity contribution in [2.75, 3.05) is 44.0 Å². The summed E-state index contributed by atoms with van der Waals surface area (Å²) in [5.74, 6) is 0.339. The zero-order chi connectivity index (χ0) is 20.2. The van der Waals surface area contributed by atoms with Crippen molar-refractivity contribution in [2.45, 2.75) is 13.3 Å². The molecule has 0 radical (unpaired) electrons. The van der Waals surface area contributed by atoms with Gasteiger partial charge in [0, 0.05) is 36.7 Å². The molecule has 0 heterocycles. The average Bonchev–Trinajstić information content (AvgIpc) is 2.71. The summed E-state index contributed by atoms with van der Waals surface area (Å²) in [4.78, 5) is 24.3. The van der Waals surface area contributed by atoms with Crippen LogP contribution in [0.2, 0.25) is 0 Å². The maximum absolute atomic E-state index is 12.2. The summed E-state index contributed by atoms with van der Waals surface area (Å²) in [7, 11) is 1.57. The van der Waals surface area contributed by atoms with Gasteiger partial charge in [0.15, 0.2) is 0 Å². The average molecular weight is 385 g/mol. The van der Waals surface area contributed by atoms with Crippen molar-refractivity contribution in [3.63, 3.8) is 0 Å². The Bertz CT molecular complexity index is 780. The van der Waals surface area contributed by atoms with E-state index in [0.717, 1.165) is 17.9 Å². The van der Waals surface area contributed by atoms with E-state index in [4.69, 9.17) is 9.47 Å². The van der Waals surface area contributed by atoms with Gasteiger partial charge < -0.3 is 25.4 Å². The molecule has 0 saturated heterocycles. The molecule has 2 aromatic carbocycles. The lowest BCUT2D eigenvalue weighted by Crippen LogP contribution is -2.27. The summed E-state index contributed by atoms with van der Waals surface area (Å²) in [5.41, 5.74) is 1.84. The van der Waals surface area contributed by atoms with Crippen molar-refractivity contribution < 1.29 is 19.1 Å². The van der Waals surface area contributed by atoms with Crippen molar-refractivity contribution in [1.29, 1.82) is 0 Å². The van der Waals surface area contributed by atoms with Gasteiger partial charge in [-0.1, -0.05) is 19.1 Å². The summed E-state index contributed by atoms with van der Waals surface area (Å²) in [6.45, 7) is 3.67. The van der Waals surface area contributed by atoms with Gasteiger partial charge in [0.1, 0.15) is 5.75 Å². The fourth-order valence-corrected chi connectivity index (χ4v) is 2.41. The zero-order valence-corrected chi connectivity index (χ0v) is 16.3. The van der Waals surface area contributed by atoms with Crippen molar-refractivity contribution in [3.05, 3.63) is 54.1 Å². The number of carbonyl (C=O) groups is 2. The maximum atomic E-state index is 12.2. The van der Waals surface area contributed by atoms with Crippen LogP contribution in [0.5, 0.6) is 5.75 Å². The number of benzene rings is 2. The number of rotatable bonds is 11. The lowest BCUT2D eigenvalue weighted by atomic mass is 10.2. The monoisotopic (exact) mass is 385 g/mol. The van der Waals surface area contributed by atoms with Gasteiger partial charge >= 0.3 is 0 Å². The molecule has 28 heavy (non-hydrogen) atoms. The molecule has 0 unspecified atom stereocenters. The van der Waals surface area contributed by atoms with E-state index in [0.29, 0.717) is 31.0 Å². The van der Waals surface area contributed by atoms with E-state index in [1.807, 2.05) is 31.2 Å². The Morgan fingerprint density at radius 3 is 2.57 bits per heavy atom. The van der Waals surface area contributed by atoms with Crippen LogP contribution in [0.15, 0.2) is 48.5 Å². The van der Waals surface area contributed by atoms with Crippen LogP contribution in [0.3, 0.4) is 0 Å². The molecule has 0 aliphatic carbocycles. The molecule has 7 nitrogen and oxygen atoms in total. The summed E-state index contributed by atoms with van der Waals surface area (Å²) >= 11 is 0. The highest BCUT2D eigenvalue weighted by Gasteiger charge is 2.08. The molecule has 7 heteroatoms. The second kappa shape index (κ2) is 11.6. The third-order valence-corrected chi connectivity index (χ3v) is 3.76. The Morgan fingerprint density at radius 2 is 1.79 bits per heavy atom. The van der Waals surface area contributed by atoms with Gasteiger partial charge in [0.2, 0.25) is 5.91 Å². The predicted molar refractivity (Wildman–Crippen MR) is 110 cm³/mol. The first-order valence-corrected chi connectivity index (χ1v) is 9.26. The zero-order valence-electron chi connectivity index (χ0n) is 16.3. The molecule has 0 aromatic heterocycles. The molecule has 0 aliphatic rings. The minimum atomic E-state index is -0.213. The number of hydrogen-bond acceptors (Lipinski definition) is 5. The van der Waals surface area contributed by atoms with Crippen LogP contribution in [-0.2, 0) is 9.53 Å². The van der Waals surface area contributed by atoms with E-state index in [1.165, 1.54) is 0 Å². The number of hydrogen-bond donors (Lipinski definition) is 3. The molecule has 0 atom stereocenters. The molecule has 3 N–H and O–H groups in total. The third kappa shape index (κ3) is 7.28. The largest absolute Gasteiger partial charge is 0.494 e. The van der Waals surface area contributed by atoms with Crippen LogP contribution < -0.4 is 20.7 Å². The topological polar surface area (TPSA) is 88.7 Å². The Hall–Kier alpha value is -3.06. The summed E-state index contributed by atoms with van der Waals surface area (Å²) in [5, 5.41) is 8.60. The predicted octanol–water partition coefficient (Wildman–Crippen LogP) is 2.90. The van der Waals surface area contributed by atoms with Crippen molar-refractivity contribution in [3.8, 4) is 5.75 Å². The molecule has 2 amide bonds. The van der Waals surface area contributed by atoms with E-state index in [9.17, 15) is 9.59 Å². The Kier molecular flexibility index (Phi) is 8.81. The first kappa shape index (κ1) is 21.2. The van der Waals surface area contributed by atoms with Crippen LogP contribution in [0, 0.1) is 0 Å². The number of nitrogens with one attached hydrogen (secondary N) is 3. The first-order valence-electron chi connectivity index (χ1n) is 9.26. The van der Waals surface area contributed by atoms with Gasteiger partial charge in [-0.15, -0.1) is 0 Å². The van der Waals surface area contributed by atoms with Crippen LogP contribution >= 0.6 is 0 Å². The summed E-state index contributed by atoms with van der Waals surface area (Å²) in [6, 6.07) is 14.3. The number of methoxy groups -OCH3 is 1. The Balaban J connectivity index is 1.86. The molecule has 150 valence electrons. The van der Waals surface area contributed by atoms with Crippen molar-refractivity contribution in [2.24, 2.45) is 0 Å². The Labute approximate surface area is 165 Å². The molecule has 0 aliphatic heterocycles. The normalized spacial score (nSPS) is 10.2. The van der Waals surface area contributed by atoms with Crippen LogP contribution in [0.25, 0.3) is 0 Å². The standard InChI is InChI=1S/C21H27N3O4/c1-3-11-28-19-9-5-7-17(14-19)23-15-20(25)24-18-8-4-6-16(13-18)21(26)22-10-12-27-2/h4-9,13-14,23H,3,10-12,15H2,1-2H3,(H,22,26)(H,24,25). The summed E-state index contributed by atoms with van der Waals surface area (Å²) in [6.07, 6.45) is 0.934. The van der Waals surface area contributed by atoms with E-state index >= 15 is 0 Å². The lowest BCUT2D eigenvalue weighted by molar-refractivity contribution is -0.114. The van der Waals surface area contributed by atoms with Crippen LogP contribution in [0.4, 0.5) is 11.4 Å². The number of ether oxygens (including phenoxy) is 2. The van der Waals surface area contributed by atoms with E-state index in [-0.39, 0.29) is 18.4 Å². The van der Waals surface area contributed by atoms with E-state index in [2.05, 4.69) is 16.0 Å². The van der Waals surface area contributed by atoms with E-state index < -0.39 is 0 Å². The minimum absolute atomic E-state index is 0.0987. The third-order valence-electron chi connectivity index (χ3n) is 3.76. The van der Waals surface area contributed by atoms with Gasteiger partial charge in [-0.2, -0.15) is 0 Å². The van der Waals surface area contributed by atoms with Gasteiger partial charge in [-0.3, -0.25) is 9.59 Å². The first-order chi connectivity index (χ1) is 13.6. The van der Waals surface area contributed by atoms with Gasteiger partial charge in [-0.05, 0) is 36.8 Å². The number of carbonyl (C=O) groups excluding carboxylic acids is 2. The number of anilines is 2. The molecular weight excluding hydrogens is 358 g/mol. The second-order valence-electron chi connectivity index (χ2n) is 6.11. The second-order valence-corrected chi connectivity index (χ2v) is 6.11. The summed E-state index contributed by atoms with van der Waals surface area (Å²) < 4.78 is 10.5. The van der Waals surface area contributed by atoms with Gasteiger partial charge in [-0.25, -0.2) is 0 Å². The molecular formula is C21H27N3O4. The SMILES string of the molecule is CCCOc1cccc(NCC(=O)Nc2cccc(C(=O)NCCOC)c2)c1. The number of amides is 2. The minimum Gasteiger partial charge on any atom is -0.494 e. The van der Waals surface area contributed by atoms with Crippen molar-refractivity contribution >= 4 is 23.2 Å². The quantitative estimate of drug-likeness (QED) is 0.518. The van der Waals surface area contributed by atoms with Gasteiger partial charge in [0.25, 0.3) is 5.91 Å². The van der Waals surface area contributed by atoms with Crippen LogP contribution in [-0.4, -0.2) is 45.2 Å². The highest BCUT2D eigenvalue weighted by atomic mass is 16.5. The molecule has 0 spiro atoms. The highest BCUT2D eigenvalue weighted by molar-refractivity contribution is 5.98. The molecule has 2 rings (SSSR count). The highest BCUT2D eigenvalue weighted by Crippen LogP contribution is 2.17. The van der Waals surface area contributed by atoms with E-state index in [1.54, 1.807) is 31.4 Å². The van der Waals surface area contributed by atoms with Crippen LogP contribution in [0.1, 0.15) is 23.7 Å². The van der Waals surface area contributed by atoms with Gasteiger partial charge in [0.05, 0.1) is 19.8 Å². The molecule has 0 fully saturated rings.